The molecule has 0 fully saturated rings. The van der Waals surface area contributed by atoms with Crippen molar-refractivity contribution in [3.8, 4) is 0 Å². The summed E-state index contributed by atoms with van der Waals surface area (Å²) in [6.07, 6.45) is 8.98. The molecule has 0 aliphatic heterocycles. The number of methoxy groups -OCH3 is 1. The largest absolute Gasteiger partial charge is 0.545 e. The molecule has 0 atom stereocenters. The first-order valence-electron chi connectivity index (χ1n) is 8.54. The Bertz CT molecular complexity index is 990. The molecule has 0 spiro atoms. The zero-order valence-electron chi connectivity index (χ0n) is 14.9. The fourth-order valence-corrected chi connectivity index (χ4v) is 3.12. The fourth-order valence-electron chi connectivity index (χ4n) is 3.12. The van der Waals surface area contributed by atoms with Crippen LogP contribution in [0, 0.1) is 0 Å². The lowest BCUT2D eigenvalue weighted by atomic mass is 10.0. The van der Waals surface area contributed by atoms with Crippen LogP contribution in [0.25, 0.3) is 17.0 Å². The van der Waals surface area contributed by atoms with Crippen molar-refractivity contribution in [2.75, 3.05) is 7.11 Å². The highest BCUT2D eigenvalue weighted by molar-refractivity contribution is 5.95. The summed E-state index contributed by atoms with van der Waals surface area (Å²) >= 11 is 0. The summed E-state index contributed by atoms with van der Waals surface area (Å²) in [5.74, 6) is -1.52. The second-order valence-electron chi connectivity index (χ2n) is 6.11. The van der Waals surface area contributed by atoms with Crippen LogP contribution in [0.1, 0.15) is 23.1 Å². The third-order valence-corrected chi connectivity index (χ3v) is 4.32. The van der Waals surface area contributed by atoms with Crippen molar-refractivity contribution >= 4 is 28.9 Å². The first kappa shape index (κ1) is 18.4. The minimum atomic E-state index is -1.24. The Labute approximate surface area is 156 Å². The molecule has 1 aromatic carbocycles. The summed E-state index contributed by atoms with van der Waals surface area (Å²) in [7, 11) is 1.37. The number of carbonyl (C=O) groups excluding carboxylic acids is 2. The molecule has 0 saturated carbocycles. The number of carbonyl (C=O) groups is 2. The minimum Gasteiger partial charge on any atom is -0.545 e. The summed E-state index contributed by atoms with van der Waals surface area (Å²) in [6, 6.07) is 9.54. The predicted octanol–water partition coefficient (Wildman–Crippen LogP) is 1.95. The van der Waals surface area contributed by atoms with Gasteiger partial charge in [0.1, 0.15) is 0 Å². The zero-order chi connectivity index (χ0) is 19.2. The van der Waals surface area contributed by atoms with Gasteiger partial charge in [0.05, 0.1) is 19.5 Å². The van der Waals surface area contributed by atoms with E-state index in [1.165, 1.54) is 13.2 Å². The first-order valence-corrected chi connectivity index (χ1v) is 8.54. The molecule has 0 saturated heterocycles. The molecule has 0 N–H and O–H groups in total. The summed E-state index contributed by atoms with van der Waals surface area (Å²) in [5, 5.41) is 11.8. The average molecular weight is 363 g/mol. The molecule has 2 heterocycles. The maximum absolute atomic E-state index is 11.5. The maximum Gasteiger partial charge on any atom is 0.307 e. The molecule has 0 radical (unpaired) electrons. The first-order chi connectivity index (χ1) is 13.1. The summed E-state index contributed by atoms with van der Waals surface area (Å²) in [5.41, 5.74) is 3.79. The van der Waals surface area contributed by atoms with Gasteiger partial charge in [-0.15, -0.1) is 0 Å². The monoisotopic (exact) mass is 363 g/mol. The van der Waals surface area contributed by atoms with Gasteiger partial charge in [-0.1, -0.05) is 24.3 Å². The van der Waals surface area contributed by atoms with Crippen LogP contribution >= 0.6 is 0 Å². The van der Waals surface area contributed by atoms with Crippen LogP contribution in [-0.4, -0.2) is 28.6 Å². The molecular weight excluding hydrogens is 344 g/mol. The Morgan fingerprint density at radius 3 is 2.81 bits per heavy atom. The number of esters is 1. The third kappa shape index (κ3) is 4.41. The molecule has 138 valence electrons. The van der Waals surface area contributed by atoms with E-state index in [-0.39, 0.29) is 12.4 Å². The quantitative estimate of drug-likeness (QED) is 0.473. The van der Waals surface area contributed by atoms with Crippen molar-refractivity contribution in [2.24, 2.45) is 0 Å². The number of aromatic nitrogens is 2. The van der Waals surface area contributed by atoms with Crippen LogP contribution in [0.3, 0.4) is 0 Å². The zero-order valence-corrected chi connectivity index (χ0v) is 14.9. The molecule has 0 amide bonds. The maximum atomic E-state index is 11.5. The van der Waals surface area contributed by atoms with Crippen molar-refractivity contribution in [1.29, 1.82) is 0 Å². The van der Waals surface area contributed by atoms with Gasteiger partial charge in [0.15, 0.2) is 0 Å². The van der Waals surface area contributed by atoms with Crippen molar-refractivity contribution in [2.45, 2.75) is 19.4 Å². The molecular formula is C21H19N2O4-. The number of pyridine rings is 1. The Balaban J connectivity index is 2.07. The Morgan fingerprint density at radius 2 is 2.11 bits per heavy atom. The van der Waals surface area contributed by atoms with Crippen LogP contribution < -0.4 is 5.11 Å². The highest BCUT2D eigenvalue weighted by atomic mass is 16.5. The number of benzene rings is 1. The molecule has 0 bridgehead atoms. The second kappa shape index (κ2) is 8.31. The topological polar surface area (TPSA) is 84.2 Å². The van der Waals surface area contributed by atoms with E-state index < -0.39 is 5.97 Å². The number of fused-ring (bicyclic) bond motifs is 1. The smallest absolute Gasteiger partial charge is 0.307 e. The number of carboxylic acids is 1. The van der Waals surface area contributed by atoms with Crippen molar-refractivity contribution < 1.29 is 19.4 Å². The molecule has 0 aliphatic carbocycles. The van der Waals surface area contributed by atoms with Gasteiger partial charge in [-0.25, -0.2) is 0 Å². The van der Waals surface area contributed by atoms with Crippen LogP contribution in [-0.2, 0) is 27.3 Å². The van der Waals surface area contributed by atoms with Gasteiger partial charge in [-0.05, 0) is 34.9 Å². The van der Waals surface area contributed by atoms with Gasteiger partial charge >= 0.3 is 5.97 Å². The molecule has 6 heteroatoms. The Kier molecular flexibility index (Phi) is 5.66. The van der Waals surface area contributed by atoms with Gasteiger partial charge in [0, 0.05) is 42.5 Å². The van der Waals surface area contributed by atoms with Gasteiger partial charge in [0.2, 0.25) is 0 Å². The highest BCUT2D eigenvalue weighted by Gasteiger charge is 2.13. The van der Waals surface area contributed by atoms with Crippen LogP contribution in [0.5, 0.6) is 0 Å². The van der Waals surface area contributed by atoms with E-state index in [1.54, 1.807) is 12.4 Å². The molecule has 0 unspecified atom stereocenters. The number of rotatable bonds is 7. The molecule has 6 nitrogen and oxygen atoms in total. The lowest BCUT2D eigenvalue weighted by Crippen LogP contribution is -2.18. The lowest BCUT2D eigenvalue weighted by molar-refractivity contribution is -0.297. The fraction of sp³-hybridized carbons (Fsp3) is 0.190. The number of nitrogens with zero attached hydrogens (tertiary/aromatic N) is 2. The van der Waals surface area contributed by atoms with Crippen molar-refractivity contribution in [3.05, 3.63) is 71.7 Å². The normalized spacial score (nSPS) is 11.1. The predicted molar refractivity (Wildman–Crippen MR) is 99.7 cm³/mol. The molecule has 2 aromatic heterocycles. The van der Waals surface area contributed by atoms with E-state index >= 15 is 0 Å². The third-order valence-electron chi connectivity index (χ3n) is 4.32. The lowest BCUT2D eigenvalue weighted by Gasteiger charge is -2.05. The van der Waals surface area contributed by atoms with Gasteiger partial charge in [0.25, 0.3) is 0 Å². The Hall–Kier alpha value is -3.41. The minimum absolute atomic E-state index is 0.256. The number of hydrogen-bond donors (Lipinski definition) is 0. The van der Waals surface area contributed by atoms with Gasteiger partial charge in [-0.3, -0.25) is 9.78 Å². The van der Waals surface area contributed by atoms with E-state index in [1.807, 2.05) is 41.1 Å². The Morgan fingerprint density at radius 1 is 1.26 bits per heavy atom. The van der Waals surface area contributed by atoms with Crippen LogP contribution in [0.2, 0.25) is 0 Å². The highest BCUT2D eigenvalue weighted by Crippen LogP contribution is 2.28. The SMILES string of the molecule is COC(=O)CCn1cc(Cc2cccnc2)c2c(/C=C/C(=O)[O-])cccc21. The van der Waals surface area contributed by atoms with Crippen molar-refractivity contribution in [3.63, 3.8) is 0 Å². The number of carboxylic acid groups (broad SMARTS) is 1. The van der Waals surface area contributed by atoms with E-state index in [4.69, 9.17) is 4.74 Å². The number of aryl methyl sites for hydroxylation is 1. The second-order valence-corrected chi connectivity index (χ2v) is 6.11. The number of hydrogen-bond acceptors (Lipinski definition) is 5. The van der Waals surface area contributed by atoms with E-state index in [0.717, 1.165) is 33.7 Å². The van der Waals surface area contributed by atoms with Crippen molar-refractivity contribution in [1.82, 2.24) is 9.55 Å². The molecule has 0 aliphatic rings. The molecule has 3 aromatic rings. The van der Waals surface area contributed by atoms with Crippen LogP contribution in [0.4, 0.5) is 0 Å². The molecule has 27 heavy (non-hydrogen) atoms. The van der Waals surface area contributed by atoms with Crippen LogP contribution in [0.15, 0.2) is 55.0 Å². The van der Waals surface area contributed by atoms with Gasteiger partial charge in [-0.2, -0.15) is 0 Å². The summed E-state index contributed by atoms with van der Waals surface area (Å²) in [4.78, 5) is 26.5. The van der Waals surface area contributed by atoms with E-state index in [9.17, 15) is 14.7 Å². The van der Waals surface area contributed by atoms with E-state index in [2.05, 4.69) is 4.98 Å². The molecule has 3 rings (SSSR count). The van der Waals surface area contributed by atoms with Gasteiger partial charge < -0.3 is 19.2 Å². The average Bonchev–Trinajstić information content (AvgIpc) is 3.03. The number of ether oxygens (including phenoxy) is 1. The standard InChI is InChI=1S/C21H20N2O4/c1-27-20(26)9-11-23-14-17(12-15-4-3-10-22-13-15)21-16(7-8-19(24)25)5-2-6-18(21)23/h2-8,10,13-14H,9,11-12H2,1H3,(H,24,25)/p-1/b8-7+. The summed E-state index contributed by atoms with van der Waals surface area (Å²) in [6.45, 7) is 0.476. The number of aliphatic carboxylic acids is 1. The van der Waals surface area contributed by atoms with E-state index in [0.29, 0.717) is 13.0 Å². The summed E-state index contributed by atoms with van der Waals surface area (Å²) < 4.78 is 6.73.